The van der Waals surface area contributed by atoms with Gasteiger partial charge in [0.25, 0.3) is 0 Å². The lowest BCUT2D eigenvalue weighted by molar-refractivity contribution is -0.122. The molecule has 3 rings (SSSR count). The fourth-order valence-electron chi connectivity index (χ4n) is 2.88. The number of Topliss-reactive ketones (excluding diaryl/α,β-unsaturated/α-hetero) is 1. The van der Waals surface area contributed by atoms with Gasteiger partial charge in [-0.3, -0.25) is 4.79 Å². The molecule has 1 aliphatic carbocycles. The van der Waals surface area contributed by atoms with Gasteiger partial charge in [-0.05, 0) is 30.4 Å². The molecular formula is C16H18N2O3. The number of hydrogen-bond acceptors (Lipinski definition) is 5. The number of aromatic nitrogens is 2. The van der Waals surface area contributed by atoms with Crippen molar-refractivity contribution in [2.75, 3.05) is 13.7 Å². The predicted molar refractivity (Wildman–Crippen MR) is 76.1 cm³/mol. The van der Waals surface area contributed by atoms with Gasteiger partial charge in [-0.15, -0.1) is 0 Å². The maximum Gasteiger partial charge on any atom is 0.234 e. The molecular weight excluding hydrogens is 268 g/mol. The maximum atomic E-state index is 11.5. The summed E-state index contributed by atoms with van der Waals surface area (Å²) in [6.07, 6.45) is 3.37. The van der Waals surface area contributed by atoms with E-state index in [0.29, 0.717) is 11.7 Å². The lowest BCUT2D eigenvalue weighted by atomic mass is 9.82. The molecule has 5 nitrogen and oxygen atoms in total. The van der Waals surface area contributed by atoms with Gasteiger partial charge in [-0.2, -0.15) is 4.98 Å². The van der Waals surface area contributed by atoms with Gasteiger partial charge in [-0.1, -0.05) is 29.4 Å². The van der Waals surface area contributed by atoms with E-state index in [1.807, 2.05) is 6.07 Å². The number of benzene rings is 1. The van der Waals surface area contributed by atoms with Crippen molar-refractivity contribution in [3.05, 3.63) is 47.1 Å². The van der Waals surface area contributed by atoms with Crippen molar-refractivity contribution < 1.29 is 14.1 Å². The van der Waals surface area contributed by atoms with Crippen LogP contribution in [0.5, 0.6) is 0 Å². The van der Waals surface area contributed by atoms with E-state index >= 15 is 0 Å². The molecule has 0 fully saturated rings. The van der Waals surface area contributed by atoms with E-state index in [1.165, 1.54) is 18.2 Å². The summed E-state index contributed by atoms with van der Waals surface area (Å²) in [5.74, 6) is 1.17. The minimum Gasteiger partial charge on any atom is -0.377 e. The second kappa shape index (κ2) is 6.18. The van der Waals surface area contributed by atoms with Crippen LogP contribution in [0.2, 0.25) is 0 Å². The van der Waals surface area contributed by atoms with Gasteiger partial charge in [0.1, 0.15) is 6.61 Å². The number of aryl methyl sites for hydroxylation is 1. The molecule has 0 saturated carbocycles. The number of fused-ring (bicyclic) bond motifs is 1. The monoisotopic (exact) mass is 286 g/mol. The Morgan fingerprint density at radius 1 is 1.43 bits per heavy atom. The fourth-order valence-corrected chi connectivity index (χ4v) is 2.88. The lowest BCUT2D eigenvalue weighted by Crippen LogP contribution is -2.13. The van der Waals surface area contributed by atoms with Gasteiger partial charge in [0.15, 0.2) is 11.6 Å². The van der Waals surface area contributed by atoms with Gasteiger partial charge in [0.2, 0.25) is 5.89 Å². The molecule has 110 valence electrons. The smallest absolute Gasteiger partial charge is 0.234 e. The van der Waals surface area contributed by atoms with Crippen LogP contribution in [0.1, 0.15) is 41.6 Å². The summed E-state index contributed by atoms with van der Waals surface area (Å²) in [7, 11) is 1.50. The molecule has 2 aromatic rings. The Morgan fingerprint density at radius 2 is 2.29 bits per heavy atom. The number of nitrogens with zero attached hydrogens (tertiary/aromatic N) is 2. The van der Waals surface area contributed by atoms with E-state index in [4.69, 9.17) is 9.26 Å². The summed E-state index contributed by atoms with van der Waals surface area (Å²) in [5.41, 5.74) is 2.63. The van der Waals surface area contributed by atoms with Crippen LogP contribution in [-0.2, 0) is 22.4 Å². The summed E-state index contributed by atoms with van der Waals surface area (Å²) in [4.78, 5) is 15.9. The average molecular weight is 286 g/mol. The number of methoxy groups -OCH3 is 1. The Labute approximate surface area is 123 Å². The van der Waals surface area contributed by atoms with Crippen molar-refractivity contribution in [1.29, 1.82) is 0 Å². The van der Waals surface area contributed by atoms with Crippen LogP contribution >= 0.6 is 0 Å². The zero-order valence-electron chi connectivity index (χ0n) is 12.0. The molecule has 0 bridgehead atoms. The summed E-state index contributed by atoms with van der Waals surface area (Å²) in [6, 6.07) is 8.39. The van der Waals surface area contributed by atoms with Crippen LogP contribution in [0, 0.1) is 0 Å². The molecule has 0 saturated heterocycles. The lowest BCUT2D eigenvalue weighted by Gasteiger charge is -2.22. The van der Waals surface area contributed by atoms with Crippen molar-refractivity contribution in [3.8, 4) is 0 Å². The SMILES string of the molecule is COCC(=O)Cc1nc(C2CCCc3ccccc32)no1. The number of ether oxygens (including phenoxy) is 1. The Kier molecular flexibility index (Phi) is 4.10. The summed E-state index contributed by atoms with van der Waals surface area (Å²) in [6.45, 7) is 0.0734. The number of ketones is 1. The molecule has 1 atom stereocenters. The highest BCUT2D eigenvalue weighted by atomic mass is 16.5. The largest absolute Gasteiger partial charge is 0.377 e. The zero-order valence-corrected chi connectivity index (χ0v) is 12.0. The van der Waals surface area contributed by atoms with Crippen LogP contribution in [0.4, 0.5) is 0 Å². The van der Waals surface area contributed by atoms with Gasteiger partial charge < -0.3 is 9.26 Å². The number of hydrogen-bond donors (Lipinski definition) is 0. The molecule has 0 amide bonds. The topological polar surface area (TPSA) is 65.2 Å². The normalized spacial score (nSPS) is 17.5. The van der Waals surface area contributed by atoms with E-state index in [0.717, 1.165) is 19.3 Å². The van der Waals surface area contributed by atoms with Crippen molar-refractivity contribution >= 4 is 5.78 Å². The minimum absolute atomic E-state index is 0.0586. The third-order valence-electron chi connectivity index (χ3n) is 3.82. The molecule has 1 aromatic carbocycles. The first-order valence-electron chi connectivity index (χ1n) is 7.19. The quantitative estimate of drug-likeness (QED) is 0.843. The van der Waals surface area contributed by atoms with E-state index in [9.17, 15) is 4.79 Å². The van der Waals surface area contributed by atoms with Crippen LogP contribution in [-0.4, -0.2) is 29.6 Å². The standard InChI is InChI=1S/C16H18N2O3/c1-20-10-12(19)9-15-17-16(18-21-15)14-8-4-6-11-5-2-3-7-13(11)14/h2-3,5,7,14H,4,6,8-10H2,1H3. The molecule has 5 heteroatoms. The first-order valence-corrected chi connectivity index (χ1v) is 7.19. The van der Waals surface area contributed by atoms with Gasteiger partial charge >= 0.3 is 0 Å². The number of rotatable bonds is 5. The average Bonchev–Trinajstić information content (AvgIpc) is 2.95. The molecule has 1 aliphatic rings. The second-order valence-corrected chi connectivity index (χ2v) is 5.34. The van der Waals surface area contributed by atoms with Crippen molar-refractivity contribution in [1.82, 2.24) is 10.1 Å². The van der Waals surface area contributed by atoms with Crippen molar-refractivity contribution in [2.45, 2.75) is 31.6 Å². The first kappa shape index (κ1) is 13.9. The molecule has 21 heavy (non-hydrogen) atoms. The predicted octanol–water partition coefficient (Wildman–Crippen LogP) is 2.30. The Hall–Kier alpha value is -2.01. The highest BCUT2D eigenvalue weighted by Crippen LogP contribution is 2.35. The molecule has 0 spiro atoms. The number of carbonyl (C=O) groups excluding carboxylic acids is 1. The third kappa shape index (κ3) is 3.03. The van der Waals surface area contributed by atoms with Gasteiger partial charge in [-0.25, -0.2) is 0 Å². The van der Waals surface area contributed by atoms with Gasteiger partial charge in [0, 0.05) is 13.0 Å². The highest BCUT2D eigenvalue weighted by molar-refractivity contribution is 5.81. The Morgan fingerprint density at radius 3 is 3.14 bits per heavy atom. The fraction of sp³-hybridized carbons (Fsp3) is 0.438. The second-order valence-electron chi connectivity index (χ2n) is 5.34. The van der Waals surface area contributed by atoms with E-state index < -0.39 is 0 Å². The third-order valence-corrected chi connectivity index (χ3v) is 3.82. The summed E-state index contributed by atoms with van der Waals surface area (Å²) in [5, 5.41) is 4.07. The molecule has 1 aromatic heterocycles. The maximum absolute atomic E-state index is 11.5. The summed E-state index contributed by atoms with van der Waals surface area (Å²) < 4.78 is 10.0. The molecule has 1 unspecified atom stereocenters. The Bertz CT molecular complexity index is 636. The first-order chi connectivity index (χ1) is 10.3. The molecule has 0 aliphatic heterocycles. The van der Waals surface area contributed by atoms with E-state index in [-0.39, 0.29) is 24.7 Å². The number of carbonyl (C=O) groups is 1. The highest BCUT2D eigenvalue weighted by Gasteiger charge is 2.26. The van der Waals surface area contributed by atoms with Crippen molar-refractivity contribution in [3.63, 3.8) is 0 Å². The molecule has 0 radical (unpaired) electrons. The van der Waals surface area contributed by atoms with Gasteiger partial charge in [0.05, 0.1) is 6.42 Å². The Balaban J connectivity index is 1.79. The van der Waals surface area contributed by atoms with Crippen LogP contribution in [0.15, 0.2) is 28.8 Å². The molecule has 0 N–H and O–H groups in total. The minimum atomic E-state index is -0.0586. The zero-order chi connectivity index (χ0) is 14.7. The van der Waals surface area contributed by atoms with Crippen LogP contribution in [0.25, 0.3) is 0 Å². The van der Waals surface area contributed by atoms with Crippen LogP contribution in [0.3, 0.4) is 0 Å². The van der Waals surface area contributed by atoms with E-state index in [2.05, 4.69) is 28.3 Å². The van der Waals surface area contributed by atoms with Crippen molar-refractivity contribution in [2.24, 2.45) is 0 Å². The summed E-state index contributed by atoms with van der Waals surface area (Å²) >= 11 is 0. The van der Waals surface area contributed by atoms with E-state index in [1.54, 1.807) is 0 Å². The molecule has 1 heterocycles. The van der Waals surface area contributed by atoms with Crippen LogP contribution < -0.4 is 0 Å².